The number of hydrogen-bond acceptors (Lipinski definition) is 8. The minimum absolute atomic E-state index is 0.112. The molecular formula is C25H25N2O5S3-. The number of likely N-dealkylation sites (tertiary alicyclic amines) is 1. The maximum atomic E-state index is 13.5. The molecule has 1 saturated heterocycles. The molecule has 2 saturated carbocycles. The van der Waals surface area contributed by atoms with Gasteiger partial charge in [0.25, 0.3) is 0 Å². The van der Waals surface area contributed by atoms with Gasteiger partial charge in [-0.3, -0.25) is 14.5 Å². The van der Waals surface area contributed by atoms with Gasteiger partial charge in [0.05, 0.1) is 24.0 Å². The molecule has 4 aliphatic rings. The molecule has 7 atom stereocenters. The van der Waals surface area contributed by atoms with E-state index in [1.807, 2.05) is 30.9 Å². The van der Waals surface area contributed by atoms with E-state index in [4.69, 9.17) is 17.0 Å². The molecule has 35 heavy (non-hydrogen) atoms. The number of rotatable bonds is 6. The van der Waals surface area contributed by atoms with Crippen molar-refractivity contribution < 1.29 is 24.2 Å². The molecular weight excluding hydrogens is 504 g/mol. The second kappa shape index (κ2) is 8.45. The highest BCUT2D eigenvalue weighted by Gasteiger charge is 2.69. The number of fused-ring (bicyclic) bond motifs is 9. The van der Waals surface area contributed by atoms with Crippen molar-refractivity contribution in [3.63, 3.8) is 0 Å². The maximum absolute atomic E-state index is 13.5. The van der Waals surface area contributed by atoms with Crippen molar-refractivity contribution in [1.29, 1.82) is 0 Å². The Morgan fingerprint density at radius 2 is 1.86 bits per heavy atom. The van der Waals surface area contributed by atoms with Crippen LogP contribution >= 0.6 is 35.3 Å². The van der Waals surface area contributed by atoms with Crippen molar-refractivity contribution >= 4 is 53.1 Å². The molecule has 2 bridgehead atoms. The van der Waals surface area contributed by atoms with Crippen LogP contribution in [-0.2, 0) is 21.4 Å². The largest absolute Gasteiger partial charge is 0.550 e. The summed E-state index contributed by atoms with van der Waals surface area (Å²) in [5.41, 5.74) is 1.19. The van der Waals surface area contributed by atoms with Gasteiger partial charge in [0, 0.05) is 35.6 Å². The molecule has 0 spiro atoms. The summed E-state index contributed by atoms with van der Waals surface area (Å²) < 4.78 is 8.30. The van der Waals surface area contributed by atoms with Crippen molar-refractivity contribution in [2.75, 3.05) is 13.7 Å². The third-order valence-electron chi connectivity index (χ3n) is 8.39. The SMILES string of the molecule is COc1ccc(C2c3sc(=S)n(C)c3SC3C4CC(C5C(=O)N(CCCC(=O)[O-])C(=O)C45)C23)cc1. The molecule has 6 rings (SSSR count). The lowest BCUT2D eigenvalue weighted by Crippen LogP contribution is -2.43. The summed E-state index contributed by atoms with van der Waals surface area (Å²) in [5.74, 6) is -0.602. The molecule has 7 unspecified atom stereocenters. The fourth-order valence-corrected chi connectivity index (χ4v) is 10.6. The van der Waals surface area contributed by atoms with Crippen LogP contribution in [0.4, 0.5) is 0 Å². The number of ether oxygens (including phenoxy) is 1. The molecule has 7 nitrogen and oxygen atoms in total. The molecule has 1 aromatic carbocycles. The number of imide groups is 1. The van der Waals surface area contributed by atoms with Crippen LogP contribution in [0, 0.1) is 33.5 Å². The number of amides is 2. The van der Waals surface area contributed by atoms with Crippen molar-refractivity contribution in [2.24, 2.45) is 36.6 Å². The van der Waals surface area contributed by atoms with Crippen LogP contribution in [0.1, 0.15) is 35.6 Å². The highest BCUT2D eigenvalue weighted by atomic mass is 32.2. The lowest BCUT2D eigenvalue weighted by Gasteiger charge is -2.43. The Bertz CT molecular complexity index is 1290. The van der Waals surface area contributed by atoms with Gasteiger partial charge >= 0.3 is 0 Å². The Morgan fingerprint density at radius 3 is 2.51 bits per heavy atom. The molecule has 184 valence electrons. The number of aliphatic carboxylic acids is 1. The molecule has 2 aliphatic carbocycles. The average molecular weight is 530 g/mol. The molecule has 3 heterocycles. The van der Waals surface area contributed by atoms with Crippen molar-refractivity contribution in [3.8, 4) is 5.75 Å². The average Bonchev–Trinajstić information content (AvgIpc) is 3.55. The Morgan fingerprint density at radius 1 is 1.17 bits per heavy atom. The lowest BCUT2D eigenvalue weighted by molar-refractivity contribution is -0.305. The molecule has 10 heteroatoms. The fourth-order valence-electron chi connectivity index (χ4n) is 7.03. The number of thioether (sulfide) groups is 1. The number of thiazole rings is 1. The van der Waals surface area contributed by atoms with E-state index >= 15 is 0 Å². The first kappa shape index (κ1) is 23.2. The van der Waals surface area contributed by atoms with E-state index < -0.39 is 5.97 Å². The predicted octanol–water partition coefficient (Wildman–Crippen LogP) is 2.83. The minimum Gasteiger partial charge on any atom is -0.550 e. The van der Waals surface area contributed by atoms with E-state index in [1.165, 1.54) is 20.4 Å². The van der Waals surface area contributed by atoms with Gasteiger partial charge in [0.15, 0.2) is 3.95 Å². The zero-order chi connectivity index (χ0) is 24.6. The number of carboxylic acid groups (broad SMARTS) is 1. The first-order valence-corrected chi connectivity index (χ1v) is 14.0. The fraction of sp³-hybridized carbons (Fsp3) is 0.520. The van der Waals surface area contributed by atoms with Gasteiger partial charge in [-0.1, -0.05) is 12.1 Å². The summed E-state index contributed by atoms with van der Waals surface area (Å²) in [6.07, 6.45) is 0.966. The second-order valence-electron chi connectivity index (χ2n) is 9.93. The normalized spacial score (nSPS) is 32.5. The highest BCUT2D eigenvalue weighted by Crippen LogP contribution is 2.69. The zero-order valence-corrected chi connectivity index (χ0v) is 21.8. The third kappa shape index (κ3) is 3.36. The number of nitrogens with zero attached hydrogens (tertiary/aromatic N) is 2. The third-order valence-corrected chi connectivity index (χ3v) is 11.8. The van der Waals surface area contributed by atoms with Crippen molar-refractivity contribution in [1.82, 2.24) is 9.47 Å². The Labute approximate surface area is 216 Å². The van der Waals surface area contributed by atoms with E-state index in [2.05, 4.69) is 16.7 Å². The van der Waals surface area contributed by atoms with Crippen LogP contribution in [0.5, 0.6) is 5.75 Å². The maximum Gasteiger partial charge on any atom is 0.233 e. The predicted molar refractivity (Wildman–Crippen MR) is 132 cm³/mol. The monoisotopic (exact) mass is 529 g/mol. The molecule has 2 amide bonds. The van der Waals surface area contributed by atoms with E-state index in [0.717, 1.165) is 16.1 Å². The van der Waals surface area contributed by atoms with Gasteiger partial charge in [-0.2, -0.15) is 0 Å². The molecule has 3 fully saturated rings. The van der Waals surface area contributed by atoms with Crippen LogP contribution < -0.4 is 9.84 Å². The Hall–Kier alpha value is -2.17. The van der Waals surface area contributed by atoms with Gasteiger partial charge in [-0.05, 0) is 66.9 Å². The van der Waals surface area contributed by atoms with Gasteiger partial charge in [0.2, 0.25) is 11.8 Å². The number of benzene rings is 1. The number of carboxylic acids is 1. The molecule has 1 aromatic heterocycles. The van der Waals surface area contributed by atoms with Gasteiger partial charge in [-0.15, -0.1) is 23.1 Å². The topological polar surface area (TPSA) is 91.7 Å². The summed E-state index contributed by atoms with van der Waals surface area (Å²) >= 11 is 9.13. The number of aromatic nitrogens is 1. The summed E-state index contributed by atoms with van der Waals surface area (Å²) in [6.45, 7) is 0.157. The number of carbonyl (C=O) groups is 3. The van der Waals surface area contributed by atoms with Crippen molar-refractivity contribution in [2.45, 2.75) is 35.5 Å². The molecule has 2 aliphatic heterocycles. The number of hydrogen-bond donors (Lipinski definition) is 0. The van der Waals surface area contributed by atoms with Gasteiger partial charge < -0.3 is 19.2 Å². The zero-order valence-electron chi connectivity index (χ0n) is 19.3. The minimum atomic E-state index is -1.16. The smallest absolute Gasteiger partial charge is 0.233 e. The Kier molecular flexibility index (Phi) is 5.61. The Balaban J connectivity index is 1.38. The summed E-state index contributed by atoms with van der Waals surface area (Å²) in [4.78, 5) is 40.3. The first-order valence-electron chi connectivity index (χ1n) is 11.9. The van der Waals surface area contributed by atoms with Crippen LogP contribution in [0.25, 0.3) is 0 Å². The summed E-state index contributed by atoms with van der Waals surface area (Å²) in [5, 5.41) is 12.3. The quantitative estimate of drug-likeness (QED) is 0.420. The second-order valence-corrected chi connectivity index (χ2v) is 12.8. The summed E-state index contributed by atoms with van der Waals surface area (Å²) in [6, 6.07) is 8.18. The van der Waals surface area contributed by atoms with E-state index in [0.29, 0.717) is 0 Å². The van der Waals surface area contributed by atoms with Crippen LogP contribution in [0.3, 0.4) is 0 Å². The van der Waals surface area contributed by atoms with Crippen LogP contribution in [0.2, 0.25) is 0 Å². The number of methoxy groups -OCH3 is 1. The lowest BCUT2D eigenvalue weighted by atomic mass is 9.68. The van der Waals surface area contributed by atoms with Gasteiger partial charge in [0.1, 0.15) is 5.75 Å². The number of carbonyl (C=O) groups excluding carboxylic acids is 3. The van der Waals surface area contributed by atoms with E-state index in [1.54, 1.807) is 18.4 Å². The van der Waals surface area contributed by atoms with E-state index in [-0.39, 0.29) is 72.0 Å². The van der Waals surface area contributed by atoms with Crippen LogP contribution in [-0.4, -0.2) is 46.2 Å². The molecule has 0 radical (unpaired) electrons. The molecule has 0 N–H and O–H groups in total. The van der Waals surface area contributed by atoms with Gasteiger partial charge in [-0.25, -0.2) is 0 Å². The standard InChI is InChI=1S/C25H26N2O5S3/c1-26-24-21(35-25(26)33)16(11-5-7-12(32-2)8-6-11)17-13-10-14(20(17)34-24)19-18(13)22(30)27(23(19)31)9-3-4-15(28)29/h5-8,13-14,16-20H,3-4,9-10H2,1-2H3,(H,28,29)/p-1. The first-order chi connectivity index (χ1) is 16.8. The van der Waals surface area contributed by atoms with Crippen LogP contribution in [0.15, 0.2) is 29.3 Å². The van der Waals surface area contributed by atoms with Crippen molar-refractivity contribution in [3.05, 3.63) is 38.7 Å². The molecule has 2 aromatic rings. The highest BCUT2D eigenvalue weighted by molar-refractivity contribution is 8.00. The summed E-state index contributed by atoms with van der Waals surface area (Å²) in [7, 11) is 3.66. The van der Waals surface area contributed by atoms with E-state index in [9.17, 15) is 19.5 Å².